The molecular weight excluding hydrogens is 461 g/mol. The topological polar surface area (TPSA) is 61.5 Å². The third kappa shape index (κ3) is 5.93. The summed E-state index contributed by atoms with van der Waals surface area (Å²) in [7, 11) is 1.69. The molecule has 2 aromatic rings. The van der Waals surface area contributed by atoms with E-state index in [4.69, 9.17) is 17.4 Å². The summed E-state index contributed by atoms with van der Waals surface area (Å²) in [6, 6.07) is 11.0. The molecule has 3 heterocycles. The molecule has 2 aliphatic rings. The maximum absolute atomic E-state index is 13.7. The standard InChI is InChI=1S/C27H38FN5OS/c1-25(2)16-21(17-26(3,4)32-25)30-22-15-19(11-12-29-22)24-23(18-7-9-20(28)10-8-18)31-27(5,35)33(24)13-14-34-6/h7-12,15,21,31-32,35H,13-14,16-17H2,1-6H3,(H,29,30). The molecule has 6 nitrogen and oxygen atoms in total. The Morgan fingerprint density at radius 2 is 1.74 bits per heavy atom. The average Bonchev–Trinajstić information content (AvgIpc) is 3.01. The Kier molecular flexibility index (Phi) is 7.10. The number of piperidine rings is 1. The summed E-state index contributed by atoms with van der Waals surface area (Å²) in [6.45, 7) is 12.2. The lowest BCUT2D eigenvalue weighted by Gasteiger charge is -2.46. The molecule has 8 heteroatoms. The Bertz CT molecular complexity index is 1070. The number of rotatable bonds is 7. The second-order valence-electron chi connectivity index (χ2n) is 11.1. The number of aromatic nitrogens is 1. The summed E-state index contributed by atoms with van der Waals surface area (Å²) in [6.07, 6.45) is 3.84. The van der Waals surface area contributed by atoms with Crippen molar-refractivity contribution in [2.45, 2.75) is 69.6 Å². The van der Waals surface area contributed by atoms with Gasteiger partial charge in [-0.2, -0.15) is 0 Å². The summed E-state index contributed by atoms with van der Waals surface area (Å²) in [5.74, 6) is 0.577. The van der Waals surface area contributed by atoms with Crippen molar-refractivity contribution >= 4 is 29.8 Å². The molecule has 190 valence electrons. The van der Waals surface area contributed by atoms with E-state index in [0.717, 1.165) is 41.2 Å². The number of ether oxygens (including phenoxy) is 1. The van der Waals surface area contributed by atoms with E-state index in [9.17, 15) is 4.39 Å². The van der Waals surface area contributed by atoms with Gasteiger partial charge in [0.2, 0.25) is 0 Å². The van der Waals surface area contributed by atoms with E-state index in [2.05, 4.69) is 59.6 Å². The summed E-state index contributed by atoms with van der Waals surface area (Å²) in [4.78, 5) is 6.19. The lowest BCUT2D eigenvalue weighted by atomic mass is 9.79. The molecule has 3 N–H and O–H groups in total. The minimum atomic E-state index is -0.641. The van der Waals surface area contributed by atoms with Crippen LogP contribution in [0, 0.1) is 5.82 Å². The average molecular weight is 500 g/mol. The van der Waals surface area contributed by atoms with Gasteiger partial charge in [0.1, 0.15) is 11.6 Å². The molecule has 0 aliphatic carbocycles. The molecule has 1 fully saturated rings. The van der Waals surface area contributed by atoms with Gasteiger partial charge in [0.25, 0.3) is 0 Å². The van der Waals surface area contributed by atoms with E-state index in [-0.39, 0.29) is 16.9 Å². The van der Waals surface area contributed by atoms with Crippen LogP contribution in [-0.4, -0.2) is 52.3 Å². The van der Waals surface area contributed by atoms with Gasteiger partial charge in [0, 0.05) is 48.1 Å². The van der Waals surface area contributed by atoms with Crippen LogP contribution in [0.25, 0.3) is 11.4 Å². The van der Waals surface area contributed by atoms with Gasteiger partial charge in [-0.15, -0.1) is 12.6 Å². The van der Waals surface area contributed by atoms with Crippen molar-refractivity contribution in [1.29, 1.82) is 0 Å². The number of nitrogens with zero attached hydrogens (tertiary/aromatic N) is 2. The first-order valence-corrected chi connectivity index (χ1v) is 12.6. The zero-order valence-electron chi connectivity index (χ0n) is 21.6. The molecule has 35 heavy (non-hydrogen) atoms. The van der Waals surface area contributed by atoms with Crippen molar-refractivity contribution in [3.05, 3.63) is 59.5 Å². The van der Waals surface area contributed by atoms with E-state index < -0.39 is 4.99 Å². The zero-order valence-corrected chi connectivity index (χ0v) is 22.5. The molecule has 4 rings (SSSR count). The van der Waals surface area contributed by atoms with Gasteiger partial charge < -0.3 is 25.6 Å². The predicted octanol–water partition coefficient (Wildman–Crippen LogP) is 4.92. The maximum atomic E-state index is 13.7. The third-order valence-corrected chi connectivity index (χ3v) is 6.97. The summed E-state index contributed by atoms with van der Waals surface area (Å²) in [5.41, 5.74) is 3.87. The van der Waals surface area contributed by atoms with E-state index >= 15 is 0 Å². The van der Waals surface area contributed by atoms with E-state index in [1.165, 1.54) is 12.1 Å². The normalized spacial score (nSPS) is 23.9. The number of pyridine rings is 1. The fourth-order valence-corrected chi connectivity index (χ4v) is 5.96. The maximum Gasteiger partial charge on any atom is 0.153 e. The highest BCUT2D eigenvalue weighted by Crippen LogP contribution is 2.41. The van der Waals surface area contributed by atoms with Gasteiger partial charge in [0.15, 0.2) is 4.99 Å². The van der Waals surface area contributed by atoms with Gasteiger partial charge in [-0.3, -0.25) is 0 Å². The number of hydrogen-bond acceptors (Lipinski definition) is 7. The number of halogens is 1. The quantitative estimate of drug-likeness (QED) is 0.406. The Labute approximate surface area is 214 Å². The minimum absolute atomic E-state index is 0.0372. The molecule has 0 amide bonds. The smallest absolute Gasteiger partial charge is 0.153 e. The van der Waals surface area contributed by atoms with E-state index in [0.29, 0.717) is 19.2 Å². The largest absolute Gasteiger partial charge is 0.383 e. The highest BCUT2D eigenvalue weighted by Gasteiger charge is 2.40. The van der Waals surface area contributed by atoms with Crippen molar-refractivity contribution < 1.29 is 9.13 Å². The van der Waals surface area contributed by atoms with Gasteiger partial charge in [0.05, 0.1) is 18.0 Å². The third-order valence-electron chi connectivity index (χ3n) is 6.62. The number of hydrogen-bond donors (Lipinski definition) is 4. The number of anilines is 1. The van der Waals surface area contributed by atoms with Crippen LogP contribution in [0.5, 0.6) is 0 Å². The Balaban J connectivity index is 1.71. The van der Waals surface area contributed by atoms with Crippen LogP contribution in [0.3, 0.4) is 0 Å². The van der Waals surface area contributed by atoms with Crippen LogP contribution < -0.4 is 16.0 Å². The van der Waals surface area contributed by atoms with Crippen LogP contribution in [0.4, 0.5) is 10.2 Å². The molecule has 0 radical (unpaired) electrons. The van der Waals surface area contributed by atoms with Crippen molar-refractivity contribution in [3.63, 3.8) is 0 Å². The minimum Gasteiger partial charge on any atom is -0.383 e. The van der Waals surface area contributed by atoms with E-state index in [1.807, 2.05) is 19.2 Å². The molecule has 0 saturated carbocycles. The highest BCUT2D eigenvalue weighted by atomic mass is 32.1. The van der Waals surface area contributed by atoms with Gasteiger partial charge in [-0.25, -0.2) is 9.37 Å². The summed E-state index contributed by atoms with van der Waals surface area (Å²) < 4.78 is 19.1. The first kappa shape index (κ1) is 25.8. The second kappa shape index (κ2) is 9.64. The summed E-state index contributed by atoms with van der Waals surface area (Å²) in [5, 5.41) is 11.0. The number of nitrogens with one attached hydrogen (secondary N) is 3. The highest BCUT2D eigenvalue weighted by molar-refractivity contribution is 7.81. The first-order chi connectivity index (χ1) is 16.4. The van der Waals surface area contributed by atoms with Crippen LogP contribution in [0.1, 0.15) is 58.6 Å². The second-order valence-corrected chi connectivity index (χ2v) is 12.0. The molecule has 0 spiro atoms. The van der Waals surface area contributed by atoms with Crippen LogP contribution >= 0.6 is 12.6 Å². The lowest BCUT2D eigenvalue weighted by Crippen LogP contribution is -2.60. The molecule has 1 saturated heterocycles. The van der Waals surface area contributed by atoms with Crippen LogP contribution in [0.15, 0.2) is 42.6 Å². The Morgan fingerprint density at radius 3 is 2.37 bits per heavy atom. The van der Waals surface area contributed by atoms with Gasteiger partial charge in [-0.1, -0.05) is 0 Å². The lowest BCUT2D eigenvalue weighted by molar-refractivity contribution is 0.153. The SMILES string of the molecule is COCCN1C(c2ccnc(NC3CC(C)(C)NC(C)(C)C3)c2)=C(c2ccc(F)cc2)NC1(C)S. The van der Waals surface area contributed by atoms with E-state index in [1.54, 1.807) is 19.2 Å². The molecular formula is C27H38FN5OS. The molecule has 1 unspecified atom stereocenters. The zero-order chi connectivity index (χ0) is 25.4. The number of methoxy groups -OCH3 is 1. The molecule has 1 aromatic heterocycles. The Hall–Kier alpha value is -2.29. The molecule has 0 bridgehead atoms. The van der Waals surface area contributed by atoms with Crippen molar-refractivity contribution in [2.75, 3.05) is 25.6 Å². The fourth-order valence-electron chi connectivity index (χ4n) is 5.64. The molecule has 2 aliphatic heterocycles. The van der Waals surface area contributed by atoms with Gasteiger partial charge in [-0.05, 0) is 83.9 Å². The molecule has 1 atom stereocenters. The monoisotopic (exact) mass is 499 g/mol. The first-order valence-electron chi connectivity index (χ1n) is 12.2. The van der Waals surface area contributed by atoms with Gasteiger partial charge >= 0.3 is 0 Å². The summed E-state index contributed by atoms with van der Waals surface area (Å²) >= 11 is 4.93. The fraction of sp³-hybridized carbons (Fsp3) is 0.519. The number of thiol groups is 1. The molecule has 1 aromatic carbocycles. The van der Waals surface area contributed by atoms with Crippen molar-refractivity contribution in [1.82, 2.24) is 20.5 Å². The van der Waals surface area contributed by atoms with Crippen molar-refractivity contribution in [2.24, 2.45) is 0 Å². The predicted molar refractivity (Wildman–Crippen MR) is 144 cm³/mol. The Morgan fingerprint density at radius 1 is 1.09 bits per heavy atom. The van der Waals surface area contributed by atoms with Crippen LogP contribution in [-0.2, 0) is 4.74 Å². The number of benzene rings is 1. The van der Waals surface area contributed by atoms with Crippen LogP contribution in [0.2, 0.25) is 0 Å². The van der Waals surface area contributed by atoms with Crippen molar-refractivity contribution in [3.8, 4) is 0 Å².